The summed E-state index contributed by atoms with van der Waals surface area (Å²) < 4.78 is 13.1. The Hall–Kier alpha value is -1.09. The molecule has 2 rings (SSSR count). The summed E-state index contributed by atoms with van der Waals surface area (Å²) in [4.78, 5) is 2.34. The standard InChI is InChI=1S/C13H19FN2/c1-16-6-2-3-10(9-16)7-11-8-12(14)4-5-13(11)15/h4-5,8,10H,2-3,6-7,9,15H2,1H3. The number of anilines is 1. The summed E-state index contributed by atoms with van der Waals surface area (Å²) >= 11 is 0. The third-order valence-corrected chi connectivity index (χ3v) is 3.34. The lowest BCUT2D eigenvalue weighted by Crippen LogP contribution is -2.33. The molecule has 1 aliphatic rings. The molecule has 0 bridgehead atoms. The zero-order valence-corrected chi connectivity index (χ0v) is 9.75. The fourth-order valence-electron chi connectivity index (χ4n) is 2.50. The Morgan fingerprint density at radius 3 is 3.06 bits per heavy atom. The van der Waals surface area contributed by atoms with Gasteiger partial charge in [-0.2, -0.15) is 0 Å². The van der Waals surface area contributed by atoms with E-state index in [-0.39, 0.29) is 5.82 Å². The predicted octanol–water partition coefficient (Wildman–Crippen LogP) is 2.29. The van der Waals surface area contributed by atoms with Gasteiger partial charge in [-0.1, -0.05) is 0 Å². The second-order valence-corrected chi connectivity index (χ2v) is 4.82. The number of hydrogen-bond acceptors (Lipinski definition) is 2. The van der Waals surface area contributed by atoms with Crippen molar-refractivity contribution in [1.82, 2.24) is 4.90 Å². The molecule has 2 N–H and O–H groups in total. The van der Waals surface area contributed by atoms with E-state index in [1.54, 1.807) is 12.1 Å². The van der Waals surface area contributed by atoms with Gasteiger partial charge in [0.15, 0.2) is 0 Å². The Balaban J connectivity index is 2.05. The molecule has 1 saturated heterocycles. The fourth-order valence-corrected chi connectivity index (χ4v) is 2.50. The maximum atomic E-state index is 13.1. The van der Waals surface area contributed by atoms with Crippen molar-refractivity contribution in [2.24, 2.45) is 5.92 Å². The van der Waals surface area contributed by atoms with Crippen molar-refractivity contribution in [2.45, 2.75) is 19.3 Å². The highest BCUT2D eigenvalue weighted by atomic mass is 19.1. The van der Waals surface area contributed by atoms with Crippen LogP contribution in [0.5, 0.6) is 0 Å². The number of likely N-dealkylation sites (tertiary alicyclic amines) is 1. The minimum Gasteiger partial charge on any atom is -0.399 e. The van der Waals surface area contributed by atoms with Gasteiger partial charge in [-0.05, 0) is 62.5 Å². The van der Waals surface area contributed by atoms with Crippen LogP contribution < -0.4 is 5.73 Å². The molecule has 0 saturated carbocycles. The van der Waals surface area contributed by atoms with Gasteiger partial charge in [0.2, 0.25) is 0 Å². The molecule has 0 amide bonds. The molecule has 0 spiro atoms. The molecule has 1 aliphatic heterocycles. The first kappa shape index (κ1) is 11.4. The quantitative estimate of drug-likeness (QED) is 0.778. The Morgan fingerprint density at radius 2 is 2.31 bits per heavy atom. The Morgan fingerprint density at radius 1 is 1.50 bits per heavy atom. The number of nitrogens with zero attached hydrogens (tertiary/aromatic N) is 1. The zero-order valence-electron chi connectivity index (χ0n) is 9.75. The Kier molecular flexibility index (Phi) is 3.44. The highest BCUT2D eigenvalue weighted by Crippen LogP contribution is 2.23. The molecule has 0 aliphatic carbocycles. The van der Waals surface area contributed by atoms with Crippen LogP contribution in [0.15, 0.2) is 18.2 Å². The molecule has 16 heavy (non-hydrogen) atoms. The molecule has 1 fully saturated rings. The van der Waals surface area contributed by atoms with Crippen molar-refractivity contribution in [3.63, 3.8) is 0 Å². The van der Waals surface area contributed by atoms with Gasteiger partial charge in [-0.15, -0.1) is 0 Å². The number of hydrogen-bond donors (Lipinski definition) is 1. The van der Waals surface area contributed by atoms with Crippen LogP contribution in [-0.4, -0.2) is 25.0 Å². The molecule has 0 radical (unpaired) electrons. The summed E-state index contributed by atoms with van der Waals surface area (Å²) in [6.45, 7) is 2.27. The number of rotatable bonds is 2. The minimum atomic E-state index is -0.187. The van der Waals surface area contributed by atoms with Gasteiger partial charge >= 0.3 is 0 Å². The molecule has 1 atom stereocenters. The number of nitrogens with two attached hydrogens (primary N) is 1. The van der Waals surface area contributed by atoms with E-state index in [0.717, 1.165) is 24.2 Å². The third kappa shape index (κ3) is 2.73. The highest BCUT2D eigenvalue weighted by molar-refractivity contribution is 5.46. The summed E-state index contributed by atoms with van der Waals surface area (Å²) in [7, 11) is 2.14. The second-order valence-electron chi connectivity index (χ2n) is 4.82. The van der Waals surface area contributed by atoms with E-state index in [4.69, 9.17) is 5.73 Å². The van der Waals surface area contributed by atoms with Crippen LogP contribution in [0.25, 0.3) is 0 Å². The largest absolute Gasteiger partial charge is 0.399 e. The minimum absolute atomic E-state index is 0.187. The first-order valence-electron chi connectivity index (χ1n) is 5.87. The first-order valence-corrected chi connectivity index (χ1v) is 5.87. The molecule has 1 aromatic rings. The number of benzene rings is 1. The molecule has 1 heterocycles. The van der Waals surface area contributed by atoms with E-state index < -0.39 is 0 Å². The van der Waals surface area contributed by atoms with Gasteiger partial charge in [0.05, 0.1) is 0 Å². The lowest BCUT2D eigenvalue weighted by molar-refractivity contribution is 0.209. The van der Waals surface area contributed by atoms with Crippen molar-refractivity contribution >= 4 is 5.69 Å². The van der Waals surface area contributed by atoms with Crippen LogP contribution in [0.2, 0.25) is 0 Å². The number of piperidine rings is 1. The normalized spacial score (nSPS) is 22.2. The van der Waals surface area contributed by atoms with Gasteiger partial charge in [0.25, 0.3) is 0 Å². The van der Waals surface area contributed by atoms with Crippen molar-refractivity contribution in [2.75, 3.05) is 25.9 Å². The maximum absolute atomic E-state index is 13.1. The predicted molar refractivity (Wildman–Crippen MR) is 64.7 cm³/mol. The van der Waals surface area contributed by atoms with E-state index in [1.807, 2.05) is 0 Å². The van der Waals surface area contributed by atoms with Crippen molar-refractivity contribution in [1.29, 1.82) is 0 Å². The second kappa shape index (κ2) is 4.83. The molecule has 3 heteroatoms. The third-order valence-electron chi connectivity index (χ3n) is 3.34. The average Bonchev–Trinajstić information content (AvgIpc) is 2.24. The monoisotopic (exact) mass is 222 g/mol. The lowest BCUT2D eigenvalue weighted by atomic mass is 9.91. The van der Waals surface area contributed by atoms with Gasteiger partial charge in [0.1, 0.15) is 5.82 Å². The van der Waals surface area contributed by atoms with Gasteiger partial charge < -0.3 is 10.6 Å². The fraction of sp³-hybridized carbons (Fsp3) is 0.538. The number of halogens is 1. The van der Waals surface area contributed by atoms with Crippen molar-refractivity contribution < 1.29 is 4.39 Å². The Labute approximate surface area is 96.2 Å². The average molecular weight is 222 g/mol. The van der Waals surface area contributed by atoms with E-state index in [9.17, 15) is 4.39 Å². The van der Waals surface area contributed by atoms with Gasteiger partial charge in [-0.3, -0.25) is 0 Å². The summed E-state index contributed by atoms with van der Waals surface area (Å²) in [5, 5.41) is 0. The molecular formula is C13H19FN2. The van der Waals surface area contributed by atoms with Crippen LogP contribution in [0.4, 0.5) is 10.1 Å². The Bertz CT molecular complexity index is 365. The highest BCUT2D eigenvalue weighted by Gasteiger charge is 2.18. The molecule has 88 valence electrons. The smallest absolute Gasteiger partial charge is 0.123 e. The molecule has 2 nitrogen and oxygen atoms in total. The maximum Gasteiger partial charge on any atom is 0.123 e. The van der Waals surface area contributed by atoms with Crippen LogP contribution in [0.1, 0.15) is 18.4 Å². The van der Waals surface area contributed by atoms with E-state index in [1.165, 1.54) is 25.5 Å². The van der Waals surface area contributed by atoms with Crippen molar-refractivity contribution in [3.8, 4) is 0 Å². The summed E-state index contributed by atoms with van der Waals surface area (Å²) in [6.07, 6.45) is 3.35. The zero-order chi connectivity index (χ0) is 11.5. The van der Waals surface area contributed by atoms with Gasteiger partial charge in [-0.25, -0.2) is 4.39 Å². The van der Waals surface area contributed by atoms with Crippen LogP contribution in [-0.2, 0) is 6.42 Å². The van der Waals surface area contributed by atoms with Crippen LogP contribution in [0.3, 0.4) is 0 Å². The van der Waals surface area contributed by atoms with Crippen LogP contribution >= 0.6 is 0 Å². The molecule has 1 aromatic carbocycles. The first-order chi connectivity index (χ1) is 7.65. The van der Waals surface area contributed by atoms with E-state index >= 15 is 0 Å². The summed E-state index contributed by atoms with van der Waals surface area (Å²) in [6, 6.07) is 4.66. The SMILES string of the molecule is CN1CCCC(Cc2cc(F)ccc2N)C1. The molecule has 1 unspecified atom stereocenters. The lowest BCUT2D eigenvalue weighted by Gasteiger charge is -2.29. The summed E-state index contributed by atoms with van der Waals surface area (Å²) in [5.74, 6) is 0.427. The van der Waals surface area contributed by atoms with E-state index in [0.29, 0.717) is 5.92 Å². The summed E-state index contributed by atoms with van der Waals surface area (Å²) in [5.41, 5.74) is 7.54. The van der Waals surface area contributed by atoms with Gasteiger partial charge in [0, 0.05) is 12.2 Å². The van der Waals surface area contributed by atoms with Crippen LogP contribution in [0, 0.1) is 11.7 Å². The number of nitrogen functional groups attached to an aromatic ring is 1. The molecule has 0 aromatic heterocycles. The molecular weight excluding hydrogens is 203 g/mol. The van der Waals surface area contributed by atoms with Crippen molar-refractivity contribution in [3.05, 3.63) is 29.6 Å². The topological polar surface area (TPSA) is 29.3 Å². The van der Waals surface area contributed by atoms with E-state index in [2.05, 4.69) is 11.9 Å².